The van der Waals surface area contributed by atoms with Crippen molar-refractivity contribution in [3.8, 4) is 0 Å². The number of rotatable bonds is 5. The van der Waals surface area contributed by atoms with Crippen molar-refractivity contribution in [3.63, 3.8) is 0 Å². The molecular formula is C13H16N2OS. The highest BCUT2D eigenvalue weighted by atomic mass is 32.1. The van der Waals surface area contributed by atoms with E-state index in [-0.39, 0.29) is 6.04 Å². The van der Waals surface area contributed by atoms with Crippen molar-refractivity contribution in [1.29, 1.82) is 0 Å². The SMILES string of the molecule is COCc1ccccc1NC(C)c1cscn1. The Balaban J connectivity index is 2.12. The summed E-state index contributed by atoms with van der Waals surface area (Å²) in [5.41, 5.74) is 5.20. The van der Waals surface area contributed by atoms with Gasteiger partial charge in [0.25, 0.3) is 0 Å². The van der Waals surface area contributed by atoms with E-state index in [4.69, 9.17) is 4.74 Å². The van der Waals surface area contributed by atoms with E-state index in [2.05, 4.69) is 34.7 Å². The maximum atomic E-state index is 5.19. The van der Waals surface area contributed by atoms with Gasteiger partial charge in [-0.2, -0.15) is 0 Å². The molecule has 0 aliphatic carbocycles. The first-order chi connectivity index (χ1) is 8.31. The van der Waals surface area contributed by atoms with Crippen LogP contribution in [0.25, 0.3) is 0 Å². The number of thiazole rings is 1. The predicted molar refractivity (Wildman–Crippen MR) is 71.3 cm³/mol. The topological polar surface area (TPSA) is 34.1 Å². The van der Waals surface area contributed by atoms with Gasteiger partial charge in [0.05, 0.1) is 23.9 Å². The zero-order chi connectivity index (χ0) is 12.1. The van der Waals surface area contributed by atoms with Gasteiger partial charge in [-0.1, -0.05) is 18.2 Å². The normalized spacial score (nSPS) is 12.4. The minimum absolute atomic E-state index is 0.208. The molecule has 90 valence electrons. The number of hydrogen-bond acceptors (Lipinski definition) is 4. The fourth-order valence-electron chi connectivity index (χ4n) is 1.69. The molecule has 0 fully saturated rings. The van der Waals surface area contributed by atoms with Gasteiger partial charge in [-0.05, 0) is 13.0 Å². The van der Waals surface area contributed by atoms with Crippen LogP contribution in [0.4, 0.5) is 5.69 Å². The molecule has 1 unspecified atom stereocenters. The molecule has 0 amide bonds. The molecule has 0 aliphatic rings. The van der Waals surface area contributed by atoms with Crippen molar-refractivity contribution in [2.45, 2.75) is 19.6 Å². The molecule has 17 heavy (non-hydrogen) atoms. The van der Waals surface area contributed by atoms with Crippen LogP contribution in [0.15, 0.2) is 35.2 Å². The first kappa shape index (κ1) is 12.1. The monoisotopic (exact) mass is 248 g/mol. The highest BCUT2D eigenvalue weighted by molar-refractivity contribution is 7.07. The lowest BCUT2D eigenvalue weighted by Gasteiger charge is -2.16. The van der Waals surface area contributed by atoms with Gasteiger partial charge < -0.3 is 10.1 Å². The first-order valence-corrected chi connectivity index (χ1v) is 6.47. The number of anilines is 1. The van der Waals surface area contributed by atoms with E-state index in [1.807, 2.05) is 17.6 Å². The Labute approximate surface area is 105 Å². The van der Waals surface area contributed by atoms with Crippen molar-refractivity contribution in [2.75, 3.05) is 12.4 Å². The number of ether oxygens (including phenoxy) is 1. The largest absolute Gasteiger partial charge is 0.380 e. The number of aromatic nitrogens is 1. The van der Waals surface area contributed by atoms with Crippen LogP contribution in [0.2, 0.25) is 0 Å². The Morgan fingerprint density at radius 1 is 1.41 bits per heavy atom. The quantitative estimate of drug-likeness (QED) is 0.879. The Kier molecular flexibility index (Phi) is 4.12. The Morgan fingerprint density at radius 3 is 2.94 bits per heavy atom. The molecule has 0 saturated heterocycles. The van der Waals surface area contributed by atoms with E-state index in [0.717, 1.165) is 16.9 Å². The third-order valence-corrected chi connectivity index (χ3v) is 3.19. The van der Waals surface area contributed by atoms with Gasteiger partial charge >= 0.3 is 0 Å². The zero-order valence-electron chi connectivity index (χ0n) is 10.0. The maximum absolute atomic E-state index is 5.19. The maximum Gasteiger partial charge on any atom is 0.0795 e. The molecule has 0 spiro atoms. The lowest BCUT2D eigenvalue weighted by Crippen LogP contribution is -2.08. The number of benzene rings is 1. The van der Waals surface area contributed by atoms with E-state index < -0.39 is 0 Å². The molecule has 1 atom stereocenters. The summed E-state index contributed by atoms with van der Waals surface area (Å²) in [6, 6.07) is 8.39. The van der Waals surface area contributed by atoms with Gasteiger partial charge in [0.2, 0.25) is 0 Å². The minimum atomic E-state index is 0.208. The highest BCUT2D eigenvalue weighted by Crippen LogP contribution is 2.22. The third-order valence-electron chi connectivity index (χ3n) is 2.58. The summed E-state index contributed by atoms with van der Waals surface area (Å²) in [5, 5.41) is 5.53. The summed E-state index contributed by atoms with van der Waals surface area (Å²) in [4.78, 5) is 4.31. The molecule has 2 rings (SSSR count). The molecule has 1 aromatic heterocycles. The zero-order valence-corrected chi connectivity index (χ0v) is 10.8. The van der Waals surface area contributed by atoms with Gasteiger partial charge in [-0.25, -0.2) is 4.98 Å². The molecule has 1 heterocycles. The predicted octanol–water partition coefficient (Wildman–Crippen LogP) is 3.46. The number of methoxy groups -OCH3 is 1. The molecule has 3 nitrogen and oxygen atoms in total. The summed E-state index contributed by atoms with van der Waals surface area (Å²) in [7, 11) is 1.71. The van der Waals surface area contributed by atoms with Gasteiger partial charge in [-0.15, -0.1) is 11.3 Å². The second-order valence-electron chi connectivity index (χ2n) is 3.87. The van der Waals surface area contributed by atoms with Crippen LogP contribution < -0.4 is 5.32 Å². The second kappa shape index (κ2) is 5.80. The molecule has 0 saturated carbocycles. The Bertz CT molecular complexity index is 456. The van der Waals surface area contributed by atoms with E-state index in [0.29, 0.717) is 6.61 Å². The van der Waals surface area contributed by atoms with Gasteiger partial charge in [-0.3, -0.25) is 0 Å². The first-order valence-electron chi connectivity index (χ1n) is 5.52. The average Bonchev–Trinajstić information content (AvgIpc) is 2.85. The molecule has 4 heteroatoms. The Hall–Kier alpha value is -1.39. The van der Waals surface area contributed by atoms with Crippen LogP contribution in [0.5, 0.6) is 0 Å². The van der Waals surface area contributed by atoms with E-state index >= 15 is 0 Å². The van der Waals surface area contributed by atoms with Crippen LogP contribution >= 0.6 is 11.3 Å². The lowest BCUT2D eigenvalue weighted by molar-refractivity contribution is 0.185. The van der Waals surface area contributed by atoms with E-state index in [1.165, 1.54) is 0 Å². The van der Waals surface area contributed by atoms with Crippen LogP contribution in [-0.2, 0) is 11.3 Å². The van der Waals surface area contributed by atoms with Crippen molar-refractivity contribution in [2.24, 2.45) is 0 Å². The summed E-state index contributed by atoms with van der Waals surface area (Å²) in [5.74, 6) is 0. The standard InChI is InChI=1S/C13H16N2OS/c1-10(13-8-17-9-14-13)15-12-6-4-3-5-11(12)7-16-2/h3-6,8-10,15H,7H2,1-2H3. The van der Waals surface area contributed by atoms with Crippen LogP contribution in [0.3, 0.4) is 0 Å². The summed E-state index contributed by atoms with van der Waals surface area (Å²) >= 11 is 1.62. The van der Waals surface area contributed by atoms with Crippen molar-refractivity contribution in [1.82, 2.24) is 4.98 Å². The summed E-state index contributed by atoms with van der Waals surface area (Å²) in [6.07, 6.45) is 0. The summed E-state index contributed by atoms with van der Waals surface area (Å²) < 4.78 is 5.19. The van der Waals surface area contributed by atoms with E-state index in [1.54, 1.807) is 18.4 Å². The average molecular weight is 248 g/mol. The molecule has 0 bridgehead atoms. The number of hydrogen-bond donors (Lipinski definition) is 1. The molecule has 2 aromatic rings. The van der Waals surface area contributed by atoms with Crippen molar-refractivity contribution >= 4 is 17.0 Å². The van der Waals surface area contributed by atoms with Gasteiger partial charge in [0, 0.05) is 23.7 Å². The molecule has 1 aromatic carbocycles. The lowest BCUT2D eigenvalue weighted by atomic mass is 10.1. The highest BCUT2D eigenvalue weighted by Gasteiger charge is 2.09. The van der Waals surface area contributed by atoms with Crippen molar-refractivity contribution in [3.05, 3.63) is 46.4 Å². The fourth-order valence-corrected chi connectivity index (χ4v) is 2.33. The third kappa shape index (κ3) is 3.05. The second-order valence-corrected chi connectivity index (χ2v) is 4.59. The molecule has 0 radical (unpaired) electrons. The molecule has 0 aliphatic heterocycles. The van der Waals surface area contributed by atoms with Gasteiger partial charge in [0.15, 0.2) is 0 Å². The smallest absolute Gasteiger partial charge is 0.0795 e. The van der Waals surface area contributed by atoms with Gasteiger partial charge in [0.1, 0.15) is 0 Å². The van der Waals surface area contributed by atoms with Crippen LogP contribution in [0, 0.1) is 0 Å². The van der Waals surface area contributed by atoms with Crippen LogP contribution in [0.1, 0.15) is 24.2 Å². The van der Waals surface area contributed by atoms with Crippen molar-refractivity contribution < 1.29 is 4.74 Å². The van der Waals surface area contributed by atoms with Crippen LogP contribution in [-0.4, -0.2) is 12.1 Å². The summed E-state index contributed by atoms with van der Waals surface area (Å²) in [6.45, 7) is 2.73. The number of para-hydroxylation sites is 1. The van der Waals surface area contributed by atoms with E-state index in [9.17, 15) is 0 Å². The molecule has 1 N–H and O–H groups in total. The number of nitrogens with zero attached hydrogens (tertiary/aromatic N) is 1. The fraction of sp³-hybridized carbons (Fsp3) is 0.308. The molecular weight excluding hydrogens is 232 g/mol. The minimum Gasteiger partial charge on any atom is -0.380 e. The number of nitrogens with one attached hydrogen (secondary N) is 1. The Morgan fingerprint density at radius 2 is 2.24 bits per heavy atom.